The zero-order valence-electron chi connectivity index (χ0n) is 6.44. The lowest BCUT2D eigenvalue weighted by Crippen LogP contribution is -1.83. The molecule has 0 unspecified atom stereocenters. The van der Waals surface area contributed by atoms with Crippen molar-refractivity contribution in [1.82, 2.24) is 4.98 Å². The van der Waals surface area contributed by atoms with Gasteiger partial charge in [-0.15, -0.1) is 0 Å². The Morgan fingerprint density at radius 1 is 1.50 bits per heavy atom. The first-order chi connectivity index (χ1) is 5.83. The minimum absolute atomic E-state index is 0.0725. The summed E-state index contributed by atoms with van der Waals surface area (Å²) in [6.45, 7) is 0. The Kier molecular flexibility index (Phi) is 1.40. The first-order valence-electron chi connectivity index (χ1n) is 3.42. The number of oxazole rings is 1. The van der Waals surface area contributed by atoms with Gasteiger partial charge >= 0.3 is 0 Å². The predicted molar refractivity (Wildman–Crippen MR) is 42.2 cm³/mol. The topological polar surface area (TPSA) is 55.5 Å². The maximum Gasteiger partial charge on any atom is 0.199 e. The number of rotatable bonds is 1. The van der Waals surface area contributed by atoms with Crippen molar-refractivity contribution in [2.75, 3.05) is 7.11 Å². The van der Waals surface area contributed by atoms with Gasteiger partial charge in [-0.1, -0.05) is 0 Å². The molecule has 0 aliphatic rings. The van der Waals surface area contributed by atoms with Gasteiger partial charge in [0.25, 0.3) is 0 Å². The Bertz CT molecular complexity index is 408. The molecule has 0 aliphatic carbocycles. The molecule has 0 saturated carbocycles. The third kappa shape index (κ3) is 0.812. The van der Waals surface area contributed by atoms with Crippen LogP contribution in [0.2, 0.25) is 0 Å². The van der Waals surface area contributed by atoms with Crippen LogP contribution in [0.15, 0.2) is 22.9 Å². The highest BCUT2D eigenvalue weighted by molar-refractivity contribution is 5.84. The summed E-state index contributed by atoms with van der Waals surface area (Å²) in [5.41, 5.74) is 0.895. The summed E-state index contributed by atoms with van der Waals surface area (Å²) in [6.07, 6.45) is 1.27. The van der Waals surface area contributed by atoms with Crippen LogP contribution in [0.4, 0.5) is 0 Å². The van der Waals surface area contributed by atoms with Gasteiger partial charge in [0.15, 0.2) is 23.2 Å². The molecule has 0 spiro atoms. The van der Waals surface area contributed by atoms with Crippen molar-refractivity contribution in [3.05, 3.63) is 18.5 Å². The summed E-state index contributed by atoms with van der Waals surface area (Å²) >= 11 is 0. The van der Waals surface area contributed by atoms with E-state index in [1.54, 1.807) is 13.2 Å². The zero-order chi connectivity index (χ0) is 8.55. The van der Waals surface area contributed by atoms with Crippen molar-refractivity contribution in [2.24, 2.45) is 0 Å². The maximum absolute atomic E-state index is 9.29. The molecule has 1 heterocycles. The predicted octanol–water partition coefficient (Wildman–Crippen LogP) is 1.54. The molecule has 2 rings (SSSR count). The molecule has 0 aliphatic heterocycles. The fraction of sp³-hybridized carbons (Fsp3) is 0.125. The van der Waals surface area contributed by atoms with Gasteiger partial charge in [0, 0.05) is 0 Å². The number of nitrogens with zero attached hydrogens (tertiary/aromatic N) is 1. The molecule has 0 amide bonds. The Balaban J connectivity index is 2.82. The summed E-state index contributed by atoms with van der Waals surface area (Å²) < 4.78 is 9.96. The van der Waals surface area contributed by atoms with Crippen LogP contribution in [0.1, 0.15) is 0 Å². The van der Waals surface area contributed by atoms with Crippen LogP contribution >= 0.6 is 0 Å². The highest BCUT2D eigenvalue weighted by Gasteiger charge is 2.08. The summed E-state index contributed by atoms with van der Waals surface area (Å²) in [5.74, 6) is 0.667. The average Bonchev–Trinajstić information content (AvgIpc) is 2.54. The normalized spacial score (nSPS) is 10.4. The number of hydrogen-bond donors (Lipinski definition) is 1. The number of phenols is 1. The lowest BCUT2D eigenvalue weighted by atomic mass is 10.3. The minimum Gasteiger partial charge on any atom is -0.504 e. The van der Waals surface area contributed by atoms with Gasteiger partial charge in [-0.3, -0.25) is 0 Å². The Morgan fingerprint density at radius 3 is 3.08 bits per heavy atom. The first kappa shape index (κ1) is 6.97. The molecule has 2 aromatic rings. The van der Waals surface area contributed by atoms with E-state index in [1.165, 1.54) is 12.5 Å². The number of aromatic nitrogens is 1. The molecule has 1 N–H and O–H groups in total. The van der Waals surface area contributed by atoms with Gasteiger partial charge in [-0.05, 0) is 12.1 Å². The van der Waals surface area contributed by atoms with E-state index in [9.17, 15) is 5.11 Å². The van der Waals surface area contributed by atoms with E-state index in [0.29, 0.717) is 16.8 Å². The van der Waals surface area contributed by atoms with Crippen molar-refractivity contribution < 1.29 is 14.3 Å². The quantitative estimate of drug-likeness (QED) is 0.696. The second-order valence-corrected chi connectivity index (χ2v) is 2.32. The first-order valence-corrected chi connectivity index (χ1v) is 3.42. The van der Waals surface area contributed by atoms with Crippen LogP contribution < -0.4 is 4.74 Å². The number of hydrogen-bond acceptors (Lipinski definition) is 4. The lowest BCUT2D eigenvalue weighted by Gasteiger charge is -1.99. The molecule has 62 valence electrons. The van der Waals surface area contributed by atoms with E-state index in [-0.39, 0.29) is 5.75 Å². The van der Waals surface area contributed by atoms with Gasteiger partial charge < -0.3 is 14.3 Å². The van der Waals surface area contributed by atoms with Crippen molar-refractivity contribution in [1.29, 1.82) is 0 Å². The zero-order valence-corrected chi connectivity index (χ0v) is 6.44. The summed E-state index contributed by atoms with van der Waals surface area (Å²) in [6, 6.07) is 3.15. The van der Waals surface area contributed by atoms with E-state index in [1.807, 2.05) is 0 Å². The number of aromatic hydroxyl groups is 1. The number of benzene rings is 1. The SMILES string of the molecule is COc1ccc(O)c2ocnc12. The van der Waals surface area contributed by atoms with Crippen molar-refractivity contribution in [3.63, 3.8) is 0 Å². The van der Waals surface area contributed by atoms with Gasteiger partial charge in [0.2, 0.25) is 0 Å². The molecule has 0 fully saturated rings. The average molecular weight is 165 g/mol. The Morgan fingerprint density at radius 2 is 2.33 bits per heavy atom. The van der Waals surface area contributed by atoms with E-state index < -0.39 is 0 Å². The third-order valence-corrected chi connectivity index (χ3v) is 1.65. The summed E-state index contributed by atoms with van der Waals surface area (Å²) in [5, 5.41) is 9.29. The van der Waals surface area contributed by atoms with Crippen LogP contribution in [0.5, 0.6) is 11.5 Å². The monoisotopic (exact) mass is 165 g/mol. The molecule has 0 radical (unpaired) electrons. The largest absolute Gasteiger partial charge is 0.504 e. The fourth-order valence-corrected chi connectivity index (χ4v) is 1.08. The highest BCUT2D eigenvalue weighted by atomic mass is 16.5. The van der Waals surface area contributed by atoms with E-state index in [0.717, 1.165) is 0 Å². The third-order valence-electron chi connectivity index (χ3n) is 1.65. The van der Waals surface area contributed by atoms with Gasteiger partial charge in [-0.2, -0.15) is 0 Å². The molecular formula is C8H7NO3. The summed E-state index contributed by atoms with van der Waals surface area (Å²) in [4.78, 5) is 3.90. The second-order valence-electron chi connectivity index (χ2n) is 2.32. The van der Waals surface area contributed by atoms with Gasteiger partial charge in [-0.25, -0.2) is 4.98 Å². The van der Waals surface area contributed by atoms with E-state index in [4.69, 9.17) is 9.15 Å². The molecule has 1 aromatic heterocycles. The van der Waals surface area contributed by atoms with Crippen LogP contribution in [-0.2, 0) is 0 Å². The highest BCUT2D eigenvalue weighted by Crippen LogP contribution is 2.30. The standard InChI is InChI=1S/C8H7NO3/c1-11-6-3-2-5(10)8-7(6)9-4-12-8/h2-4,10H,1H3. The van der Waals surface area contributed by atoms with E-state index in [2.05, 4.69) is 4.98 Å². The Labute approximate surface area is 68.4 Å². The number of methoxy groups -OCH3 is 1. The van der Waals surface area contributed by atoms with Crippen LogP contribution in [0.25, 0.3) is 11.1 Å². The smallest absolute Gasteiger partial charge is 0.199 e. The molecule has 12 heavy (non-hydrogen) atoms. The second kappa shape index (κ2) is 2.41. The van der Waals surface area contributed by atoms with Crippen LogP contribution in [0, 0.1) is 0 Å². The van der Waals surface area contributed by atoms with E-state index >= 15 is 0 Å². The van der Waals surface area contributed by atoms with Gasteiger partial charge in [0.05, 0.1) is 7.11 Å². The molecule has 0 saturated heterocycles. The van der Waals surface area contributed by atoms with Crippen molar-refractivity contribution in [2.45, 2.75) is 0 Å². The maximum atomic E-state index is 9.29. The van der Waals surface area contributed by atoms with Crippen LogP contribution in [-0.4, -0.2) is 17.2 Å². The summed E-state index contributed by atoms with van der Waals surface area (Å²) in [7, 11) is 1.54. The van der Waals surface area contributed by atoms with Gasteiger partial charge in [0.1, 0.15) is 5.75 Å². The molecule has 4 heteroatoms. The van der Waals surface area contributed by atoms with Crippen LogP contribution in [0.3, 0.4) is 0 Å². The minimum atomic E-state index is 0.0725. The fourth-order valence-electron chi connectivity index (χ4n) is 1.08. The number of phenolic OH excluding ortho intramolecular Hbond substituents is 1. The molecule has 0 bridgehead atoms. The van der Waals surface area contributed by atoms with Crippen molar-refractivity contribution in [3.8, 4) is 11.5 Å². The number of ether oxygens (including phenoxy) is 1. The molecule has 0 atom stereocenters. The molecular weight excluding hydrogens is 158 g/mol. The lowest BCUT2D eigenvalue weighted by molar-refractivity contribution is 0.416. The van der Waals surface area contributed by atoms with Crippen molar-refractivity contribution >= 4 is 11.1 Å². The molecule has 1 aromatic carbocycles. The number of fused-ring (bicyclic) bond motifs is 1. The Hall–Kier alpha value is -1.71. The molecule has 4 nitrogen and oxygen atoms in total.